The summed E-state index contributed by atoms with van der Waals surface area (Å²) in [4.78, 5) is 15.4. The van der Waals surface area contributed by atoms with Crippen molar-refractivity contribution in [3.8, 4) is 5.75 Å². The van der Waals surface area contributed by atoms with Crippen LogP contribution in [0.1, 0.15) is 35.8 Å². The van der Waals surface area contributed by atoms with Crippen LogP contribution in [0.4, 0.5) is 0 Å². The van der Waals surface area contributed by atoms with Gasteiger partial charge in [0.25, 0.3) is 0 Å². The summed E-state index contributed by atoms with van der Waals surface area (Å²) in [6.45, 7) is 4.65. The molecule has 0 fully saturated rings. The SMILES string of the molecule is CCN1C(=S)NC(c2cc(Br)ccc2OC)C(C(=O)c2ccccc2)=C1C. The number of methoxy groups -OCH3 is 1. The van der Waals surface area contributed by atoms with E-state index in [1.807, 2.05) is 67.3 Å². The van der Waals surface area contributed by atoms with Gasteiger partial charge in [-0.15, -0.1) is 0 Å². The fraction of sp³-hybridized carbons (Fsp3) is 0.238. The van der Waals surface area contributed by atoms with E-state index < -0.39 is 0 Å². The molecule has 0 amide bonds. The van der Waals surface area contributed by atoms with Crippen molar-refractivity contribution in [1.29, 1.82) is 0 Å². The van der Waals surface area contributed by atoms with Gasteiger partial charge in [0.05, 0.1) is 13.2 Å². The van der Waals surface area contributed by atoms with E-state index in [4.69, 9.17) is 17.0 Å². The monoisotopic (exact) mass is 444 g/mol. The molecule has 2 aromatic carbocycles. The van der Waals surface area contributed by atoms with Crippen LogP contribution in [0, 0.1) is 0 Å². The molecule has 3 rings (SSSR count). The van der Waals surface area contributed by atoms with Gasteiger partial charge in [0.15, 0.2) is 10.9 Å². The van der Waals surface area contributed by atoms with Gasteiger partial charge in [-0.25, -0.2) is 0 Å². The van der Waals surface area contributed by atoms with E-state index in [1.54, 1.807) is 7.11 Å². The molecule has 2 aromatic rings. The van der Waals surface area contributed by atoms with Crippen molar-refractivity contribution in [2.24, 2.45) is 0 Å². The van der Waals surface area contributed by atoms with E-state index in [2.05, 4.69) is 21.2 Å². The molecule has 1 unspecified atom stereocenters. The smallest absolute Gasteiger partial charge is 0.193 e. The van der Waals surface area contributed by atoms with Crippen molar-refractivity contribution >= 4 is 39.0 Å². The molecule has 0 saturated carbocycles. The zero-order chi connectivity index (χ0) is 19.6. The predicted molar refractivity (Wildman–Crippen MR) is 115 cm³/mol. The Kier molecular flexibility index (Phi) is 5.97. The molecule has 1 aliphatic heterocycles. The molecular formula is C21H21BrN2O2S. The Morgan fingerprint density at radius 2 is 1.96 bits per heavy atom. The lowest BCUT2D eigenvalue weighted by molar-refractivity contribution is 0.102. The lowest BCUT2D eigenvalue weighted by atomic mass is 9.88. The topological polar surface area (TPSA) is 41.6 Å². The number of halogens is 1. The minimum atomic E-state index is -0.388. The molecule has 140 valence electrons. The van der Waals surface area contributed by atoms with Crippen molar-refractivity contribution in [2.75, 3.05) is 13.7 Å². The first kappa shape index (κ1) is 19.6. The summed E-state index contributed by atoms with van der Waals surface area (Å²) >= 11 is 9.09. The van der Waals surface area contributed by atoms with Crippen molar-refractivity contribution < 1.29 is 9.53 Å². The van der Waals surface area contributed by atoms with E-state index >= 15 is 0 Å². The first-order valence-electron chi connectivity index (χ1n) is 8.69. The van der Waals surface area contributed by atoms with E-state index in [9.17, 15) is 4.79 Å². The third kappa shape index (κ3) is 3.77. The van der Waals surface area contributed by atoms with Gasteiger partial charge in [0, 0.05) is 33.4 Å². The highest BCUT2D eigenvalue weighted by molar-refractivity contribution is 9.10. The Hall–Kier alpha value is -2.18. The second-order valence-corrected chi connectivity index (χ2v) is 7.51. The number of ketones is 1. The minimum Gasteiger partial charge on any atom is -0.496 e. The Balaban J connectivity index is 2.20. The quantitative estimate of drug-likeness (QED) is 0.526. The number of ether oxygens (including phenoxy) is 1. The summed E-state index contributed by atoms with van der Waals surface area (Å²) in [5.74, 6) is 0.684. The lowest BCUT2D eigenvalue weighted by Gasteiger charge is -2.38. The third-order valence-corrected chi connectivity index (χ3v) is 5.53. The second kappa shape index (κ2) is 8.23. The second-order valence-electron chi connectivity index (χ2n) is 6.21. The van der Waals surface area contributed by atoms with Crippen molar-refractivity contribution in [2.45, 2.75) is 19.9 Å². The number of nitrogens with one attached hydrogen (secondary N) is 1. The highest BCUT2D eigenvalue weighted by Gasteiger charge is 2.35. The molecule has 1 aliphatic rings. The van der Waals surface area contributed by atoms with Crippen LogP contribution in [0.5, 0.6) is 5.75 Å². The van der Waals surface area contributed by atoms with Crippen molar-refractivity contribution in [3.63, 3.8) is 0 Å². The minimum absolute atomic E-state index is 0.0198. The number of Topliss-reactive ketones (excluding diaryl/α,β-unsaturated/α-hetero) is 1. The number of carbonyl (C=O) groups is 1. The van der Waals surface area contributed by atoms with Crippen LogP contribution in [0.2, 0.25) is 0 Å². The molecule has 27 heavy (non-hydrogen) atoms. The van der Waals surface area contributed by atoms with E-state index in [1.165, 1.54) is 0 Å². The van der Waals surface area contributed by atoms with Crippen molar-refractivity contribution in [3.05, 3.63) is 75.4 Å². The molecule has 0 spiro atoms. The number of carbonyl (C=O) groups excluding carboxylic acids is 1. The van der Waals surface area contributed by atoms with Gasteiger partial charge in [-0.3, -0.25) is 4.79 Å². The molecule has 1 heterocycles. The van der Waals surface area contributed by atoms with Crippen LogP contribution in [-0.4, -0.2) is 29.5 Å². The first-order valence-corrected chi connectivity index (χ1v) is 9.90. The summed E-state index contributed by atoms with van der Waals surface area (Å²) in [5, 5.41) is 3.95. The Labute approximate surface area is 173 Å². The van der Waals surface area contributed by atoms with Crippen LogP contribution in [0.25, 0.3) is 0 Å². The number of nitrogens with zero attached hydrogens (tertiary/aromatic N) is 1. The zero-order valence-electron chi connectivity index (χ0n) is 15.5. The largest absolute Gasteiger partial charge is 0.496 e. The summed E-state index contributed by atoms with van der Waals surface area (Å²) in [6.07, 6.45) is 0. The number of benzene rings is 2. The predicted octanol–water partition coefficient (Wildman–Crippen LogP) is 4.87. The Morgan fingerprint density at radius 1 is 1.26 bits per heavy atom. The van der Waals surface area contributed by atoms with Crippen molar-refractivity contribution in [1.82, 2.24) is 10.2 Å². The molecule has 0 saturated heterocycles. The molecule has 1 N–H and O–H groups in total. The van der Waals surface area contributed by atoms with Gasteiger partial charge < -0.3 is 15.0 Å². The van der Waals surface area contributed by atoms with Crippen LogP contribution < -0.4 is 10.1 Å². The normalized spacial score (nSPS) is 17.0. The molecule has 6 heteroatoms. The van der Waals surface area contributed by atoms with Crippen LogP contribution in [-0.2, 0) is 0 Å². The summed E-state index contributed by atoms with van der Waals surface area (Å²) in [5.41, 5.74) is 3.05. The highest BCUT2D eigenvalue weighted by Crippen LogP contribution is 2.38. The average molecular weight is 445 g/mol. The number of thiocarbonyl (C=S) groups is 1. The molecule has 0 bridgehead atoms. The maximum atomic E-state index is 13.4. The maximum Gasteiger partial charge on any atom is 0.193 e. The highest BCUT2D eigenvalue weighted by atomic mass is 79.9. The van der Waals surface area contributed by atoms with Gasteiger partial charge in [0.2, 0.25) is 0 Å². The summed E-state index contributed by atoms with van der Waals surface area (Å²) in [6, 6.07) is 14.7. The molecule has 1 atom stereocenters. The molecule has 0 aliphatic carbocycles. The number of rotatable bonds is 5. The summed E-state index contributed by atoms with van der Waals surface area (Å²) < 4.78 is 6.47. The fourth-order valence-electron chi connectivity index (χ4n) is 3.37. The standard InChI is InChI=1S/C21H21BrN2O2S/c1-4-24-13(2)18(20(25)14-8-6-5-7-9-14)19(23-21(24)27)16-12-15(22)10-11-17(16)26-3/h5-12,19H,4H2,1-3H3,(H,23,27). The summed E-state index contributed by atoms with van der Waals surface area (Å²) in [7, 11) is 1.63. The molecular weight excluding hydrogens is 424 g/mol. The average Bonchev–Trinajstić information content (AvgIpc) is 2.68. The number of allylic oxidation sites excluding steroid dienone is 1. The van der Waals surface area contributed by atoms with Crippen LogP contribution >= 0.6 is 28.1 Å². The molecule has 0 radical (unpaired) electrons. The fourth-order valence-corrected chi connectivity index (χ4v) is 4.13. The molecule has 4 nitrogen and oxygen atoms in total. The van der Waals surface area contributed by atoms with E-state index in [0.717, 1.165) is 15.7 Å². The maximum absolute atomic E-state index is 13.4. The number of hydrogen-bond acceptors (Lipinski definition) is 3. The number of hydrogen-bond donors (Lipinski definition) is 1. The van der Waals surface area contributed by atoms with Crippen LogP contribution in [0.15, 0.2) is 64.3 Å². The first-order chi connectivity index (χ1) is 13.0. The van der Waals surface area contributed by atoms with E-state index in [-0.39, 0.29) is 11.8 Å². The van der Waals surface area contributed by atoms with Crippen LogP contribution in [0.3, 0.4) is 0 Å². The van der Waals surface area contributed by atoms with Gasteiger partial charge in [-0.05, 0) is 44.3 Å². The molecule has 0 aromatic heterocycles. The third-order valence-electron chi connectivity index (χ3n) is 4.70. The van der Waals surface area contributed by atoms with Gasteiger partial charge in [-0.2, -0.15) is 0 Å². The lowest BCUT2D eigenvalue weighted by Crippen LogP contribution is -2.47. The zero-order valence-corrected chi connectivity index (χ0v) is 17.9. The Morgan fingerprint density at radius 3 is 2.59 bits per heavy atom. The van der Waals surface area contributed by atoms with E-state index in [0.29, 0.717) is 28.5 Å². The van der Waals surface area contributed by atoms with Gasteiger partial charge in [-0.1, -0.05) is 46.3 Å². The van der Waals surface area contributed by atoms with Gasteiger partial charge >= 0.3 is 0 Å². The van der Waals surface area contributed by atoms with Gasteiger partial charge in [0.1, 0.15) is 5.75 Å². The Bertz CT molecular complexity index is 912.